The van der Waals surface area contributed by atoms with Crippen LogP contribution in [0.15, 0.2) is 23.3 Å². The van der Waals surface area contributed by atoms with Crippen LogP contribution >= 0.6 is 0 Å². The lowest BCUT2D eigenvalue weighted by Crippen LogP contribution is -2.55. The molecule has 1 heterocycles. The molecule has 0 unspecified atom stereocenters. The zero-order valence-corrected chi connectivity index (χ0v) is 13.3. The number of rotatable bonds is 1. The molecule has 3 aliphatic rings. The molecular formula is C17H22O5. The lowest BCUT2D eigenvalue weighted by Gasteiger charge is -2.53. The summed E-state index contributed by atoms with van der Waals surface area (Å²) < 4.78 is 10.8. The first-order valence-electron chi connectivity index (χ1n) is 7.68. The third-order valence-electron chi connectivity index (χ3n) is 5.58. The predicted octanol–water partition coefficient (Wildman–Crippen LogP) is 2.25. The number of esters is 2. The van der Waals surface area contributed by atoms with E-state index in [0.29, 0.717) is 24.0 Å². The van der Waals surface area contributed by atoms with E-state index in [9.17, 15) is 14.7 Å². The Bertz CT molecular complexity index is 604. The van der Waals surface area contributed by atoms with E-state index in [2.05, 4.69) is 6.58 Å². The molecule has 5 heteroatoms. The van der Waals surface area contributed by atoms with Crippen LogP contribution in [0.5, 0.6) is 0 Å². The van der Waals surface area contributed by atoms with Crippen LogP contribution in [0.3, 0.4) is 0 Å². The fourth-order valence-corrected chi connectivity index (χ4v) is 4.40. The average Bonchev–Trinajstić information content (AvgIpc) is 2.61. The minimum atomic E-state index is -1.57. The smallest absolute Gasteiger partial charge is 0.336 e. The molecule has 0 aromatic heterocycles. The largest absolute Gasteiger partial charge is 0.462 e. The molecule has 2 aliphatic carbocycles. The summed E-state index contributed by atoms with van der Waals surface area (Å²) in [6.45, 7) is 9.24. The summed E-state index contributed by atoms with van der Waals surface area (Å²) in [5, 5.41) is 10.8. The molecule has 5 nitrogen and oxygen atoms in total. The molecule has 0 amide bonds. The molecule has 0 spiro atoms. The molecule has 22 heavy (non-hydrogen) atoms. The second kappa shape index (κ2) is 4.69. The van der Waals surface area contributed by atoms with Gasteiger partial charge >= 0.3 is 11.9 Å². The number of allylic oxidation sites excluding steroid dienone is 1. The number of ether oxygens (including phenoxy) is 2. The topological polar surface area (TPSA) is 72.8 Å². The number of fused-ring (bicyclic) bond motifs is 2. The highest BCUT2D eigenvalue weighted by Gasteiger charge is 2.60. The molecule has 0 bridgehead atoms. The minimum Gasteiger partial charge on any atom is -0.462 e. The van der Waals surface area contributed by atoms with Crippen LogP contribution in [0.4, 0.5) is 0 Å². The van der Waals surface area contributed by atoms with E-state index in [4.69, 9.17) is 9.47 Å². The average molecular weight is 306 g/mol. The lowest BCUT2D eigenvalue weighted by molar-refractivity contribution is -0.217. The van der Waals surface area contributed by atoms with Gasteiger partial charge in [0.1, 0.15) is 6.10 Å². The normalized spacial score (nSPS) is 40.9. The molecule has 1 N–H and O–H groups in total. The minimum absolute atomic E-state index is 0.0744. The van der Waals surface area contributed by atoms with Gasteiger partial charge in [0, 0.05) is 29.9 Å². The van der Waals surface area contributed by atoms with Crippen LogP contribution in [0, 0.1) is 11.3 Å². The summed E-state index contributed by atoms with van der Waals surface area (Å²) in [6, 6.07) is 0. The van der Waals surface area contributed by atoms with Crippen LogP contribution in [-0.2, 0) is 19.1 Å². The van der Waals surface area contributed by atoms with E-state index >= 15 is 0 Å². The number of carbonyl (C=O) groups is 2. The monoisotopic (exact) mass is 306 g/mol. The molecular weight excluding hydrogens is 284 g/mol. The van der Waals surface area contributed by atoms with E-state index in [1.807, 2.05) is 6.92 Å². The number of hydrogen-bond donors (Lipinski definition) is 1. The van der Waals surface area contributed by atoms with Crippen molar-refractivity contribution < 1.29 is 24.2 Å². The summed E-state index contributed by atoms with van der Waals surface area (Å²) in [6.07, 6.45) is 1.94. The molecule has 120 valence electrons. The Morgan fingerprint density at radius 2 is 2.18 bits per heavy atom. The van der Waals surface area contributed by atoms with Crippen LogP contribution in [0.1, 0.15) is 46.5 Å². The first-order chi connectivity index (χ1) is 10.2. The molecule has 0 aromatic carbocycles. The van der Waals surface area contributed by atoms with Gasteiger partial charge in [0.2, 0.25) is 5.79 Å². The second-order valence-corrected chi connectivity index (χ2v) is 7.01. The van der Waals surface area contributed by atoms with E-state index < -0.39 is 17.2 Å². The van der Waals surface area contributed by atoms with Gasteiger partial charge in [-0.1, -0.05) is 19.1 Å². The van der Waals surface area contributed by atoms with Crippen molar-refractivity contribution in [3.63, 3.8) is 0 Å². The van der Waals surface area contributed by atoms with Gasteiger partial charge in [-0.15, -0.1) is 0 Å². The van der Waals surface area contributed by atoms with E-state index in [1.165, 1.54) is 6.92 Å². The van der Waals surface area contributed by atoms with Crippen molar-refractivity contribution in [2.24, 2.45) is 11.3 Å². The van der Waals surface area contributed by atoms with Crippen molar-refractivity contribution in [1.29, 1.82) is 0 Å². The molecule has 0 aromatic rings. The Hall–Kier alpha value is -1.62. The Labute approximate surface area is 130 Å². The van der Waals surface area contributed by atoms with Gasteiger partial charge in [-0.05, 0) is 32.1 Å². The Kier molecular flexibility index (Phi) is 3.25. The zero-order valence-electron chi connectivity index (χ0n) is 13.3. The van der Waals surface area contributed by atoms with Gasteiger partial charge in [-0.2, -0.15) is 0 Å². The van der Waals surface area contributed by atoms with E-state index in [1.54, 1.807) is 6.92 Å². The first kappa shape index (κ1) is 15.3. The van der Waals surface area contributed by atoms with Gasteiger partial charge in [0.25, 0.3) is 0 Å². The number of aliphatic hydroxyl groups is 1. The fourth-order valence-electron chi connectivity index (χ4n) is 4.40. The highest BCUT2D eigenvalue weighted by atomic mass is 16.7. The quantitative estimate of drug-likeness (QED) is 0.594. The maximum atomic E-state index is 11.8. The third kappa shape index (κ3) is 2.02. The molecule has 4 atom stereocenters. The van der Waals surface area contributed by atoms with Crippen molar-refractivity contribution >= 4 is 11.9 Å². The molecule has 0 saturated heterocycles. The molecule has 3 rings (SSSR count). The van der Waals surface area contributed by atoms with Crippen molar-refractivity contribution in [3.8, 4) is 0 Å². The highest BCUT2D eigenvalue weighted by Crippen LogP contribution is 2.59. The van der Waals surface area contributed by atoms with Crippen molar-refractivity contribution in [3.05, 3.63) is 23.3 Å². The van der Waals surface area contributed by atoms with Crippen LogP contribution in [0.2, 0.25) is 0 Å². The van der Waals surface area contributed by atoms with Gasteiger partial charge in [-0.3, -0.25) is 4.79 Å². The van der Waals surface area contributed by atoms with Gasteiger partial charge in [0.05, 0.1) is 0 Å². The summed E-state index contributed by atoms with van der Waals surface area (Å²) in [5.74, 6) is -2.28. The van der Waals surface area contributed by atoms with Crippen molar-refractivity contribution in [2.45, 2.75) is 58.3 Å². The van der Waals surface area contributed by atoms with Crippen LogP contribution < -0.4 is 0 Å². The second-order valence-electron chi connectivity index (χ2n) is 7.01. The highest BCUT2D eigenvalue weighted by molar-refractivity contribution is 5.92. The van der Waals surface area contributed by atoms with Crippen LogP contribution in [-0.4, -0.2) is 28.9 Å². The maximum Gasteiger partial charge on any atom is 0.336 e. The summed E-state index contributed by atoms with van der Waals surface area (Å²) in [7, 11) is 0. The van der Waals surface area contributed by atoms with E-state index in [0.717, 1.165) is 12.0 Å². The Morgan fingerprint density at radius 1 is 1.50 bits per heavy atom. The third-order valence-corrected chi connectivity index (χ3v) is 5.58. The summed E-state index contributed by atoms with van der Waals surface area (Å²) in [4.78, 5) is 23.3. The van der Waals surface area contributed by atoms with Gasteiger partial charge < -0.3 is 14.6 Å². The number of carbonyl (C=O) groups excluding carboxylic acids is 2. The number of hydrogen-bond acceptors (Lipinski definition) is 5. The standard InChI is InChI=1S/C17H22O5/c1-9-5-6-14(21-11(3)18)16(4)8-17(20)13(7-12(9)16)10(2)15(19)22-17/h12,14,20H,1,5-8H2,2-4H3/t12-,14+,16-,17+/m1/s1. The van der Waals surface area contributed by atoms with Crippen molar-refractivity contribution in [1.82, 2.24) is 0 Å². The molecule has 2 fully saturated rings. The molecule has 1 aliphatic heterocycles. The van der Waals surface area contributed by atoms with E-state index in [-0.39, 0.29) is 24.4 Å². The van der Waals surface area contributed by atoms with Crippen molar-refractivity contribution in [2.75, 3.05) is 0 Å². The predicted molar refractivity (Wildman–Crippen MR) is 78.5 cm³/mol. The Morgan fingerprint density at radius 3 is 2.82 bits per heavy atom. The zero-order chi connectivity index (χ0) is 16.3. The fraction of sp³-hybridized carbons (Fsp3) is 0.647. The summed E-state index contributed by atoms with van der Waals surface area (Å²) >= 11 is 0. The van der Waals surface area contributed by atoms with Gasteiger partial charge in [0.15, 0.2) is 0 Å². The van der Waals surface area contributed by atoms with Crippen LogP contribution in [0.25, 0.3) is 0 Å². The molecule has 0 radical (unpaired) electrons. The Balaban J connectivity index is 2.02. The lowest BCUT2D eigenvalue weighted by atomic mass is 9.55. The maximum absolute atomic E-state index is 11.8. The first-order valence-corrected chi connectivity index (χ1v) is 7.68. The van der Waals surface area contributed by atoms with Gasteiger partial charge in [-0.25, -0.2) is 4.79 Å². The molecule has 2 saturated carbocycles. The summed E-state index contributed by atoms with van der Waals surface area (Å²) in [5.41, 5.74) is 1.76. The SMILES string of the molecule is C=C1CC[C@H](OC(C)=O)[C@]2(C)C[C@]3(O)OC(=O)C(C)=C3C[C@H]12.